The number of nitrogens with zero attached hydrogens (tertiary/aromatic N) is 3. The number of hydrogen-bond donors (Lipinski definition) is 0. The van der Waals surface area contributed by atoms with Crippen LogP contribution in [0, 0.1) is 6.92 Å². The van der Waals surface area contributed by atoms with Crippen LogP contribution in [0.4, 0.5) is 0 Å². The number of rotatable bonds is 6. The minimum Gasteiger partial charge on any atom is -0.492 e. The number of ether oxygens (including phenoxy) is 1. The zero-order valence-corrected chi connectivity index (χ0v) is 12.1. The minimum absolute atomic E-state index is 0.0816. The van der Waals surface area contributed by atoms with E-state index in [4.69, 9.17) is 4.74 Å². The molecular weight excluding hydrogens is 254 g/mol. The van der Waals surface area contributed by atoms with E-state index in [0.717, 1.165) is 12.1 Å². The molecule has 2 heterocycles. The summed E-state index contributed by atoms with van der Waals surface area (Å²) in [7, 11) is 0. The molecule has 2 aromatic rings. The second kappa shape index (κ2) is 6.32. The molecule has 0 spiro atoms. The van der Waals surface area contributed by atoms with E-state index in [1.165, 1.54) is 0 Å². The van der Waals surface area contributed by atoms with Crippen LogP contribution in [-0.4, -0.2) is 27.2 Å². The Bertz CT molecular complexity index is 605. The van der Waals surface area contributed by atoms with Gasteiger partial charge >= 0.3 is 0 Å². The Balaban J connectivity index is 2.28. The van der Waals surface area contributed by atoms with Gasteiger partial charge in [0.1, 0.15) is 11.4 Å². The van der Waals surface area contributed by atoms with Crippen LogP contribution in [0.15, 0.2) is 24.5 Å². The van der Waals surface area contributed by atoms with Crippen molar-refractivity contribution in [1.29, 1.82) is 0 Å². The van der Waals surface area contributed by atoms with Crippen LogP contribution in [-0.2, 0) is 6.54 Å². The number of hydrogen-bond acceptors (Lipinski definition) is 4. The average Bonchev–Trinajstić information content (AvgIpc) is 2.85. The van der Waals surface area contributed by atoms with Crippen molar-refractivity contribution in [2.75, 3.05) is 6.61 Å². The first-order valence-corrected chi connectivity index (χ1v) is 6.82. The fraction of sp³-hybridized carbons (Fsp3) is 0.400. The Hall–Kier alpha value is -2.17. The molecule has 0 aliphatic rings. The van der Waals surface area contributed by atoms with Gasteiger partial charge in [0.15, 0.2) is 0 Å². The predicted molar refractivity (Wildman–Crippen MR) is 76.1 cm³/mol. The normalized spacial score (nSPS) is 10.6. The average molecular weight is 273 g/mol. The molecule has 0 N–H and O–H groups in total. The number of pyridine rings is 1. The van der Waals surface area contributed by atoms with Crippen LogP contribution in [0.25, 0.3) is 0 Å². The van der Waals surface area contributed by atoms with Crippen molar-refractivity contribution >= 4 is 5.78 Å². The highest BCUT2D eigenvalue weighted by Crippen LogP contribution is 2.16. The quantitative estimate of drug-likeness (QED) is 0.759. The Kier molecular flexibility index (Phi) is 4.50. The van der Waals surface area contributed by atoms with E-state index in [9.17, 15) is 4.79 Å². The van der Waals surface area contributed by atoms with E-state index in [2.05, 4.69) is 10.1 Å². The van der Waals surface area contributed by atoms with Crippen LogP contribution in [0.2, 0.25) is 0 Å². The van der Waals surface area contributed by atoms with E-state index < -0.39 is 0 Å². The molecule has 0 aliphatic carbocycles. The van der Waals surface area contributed by atoms with E-state index >= 15 is 0 Å². The molecular formula is C15H19N3O2. The van der Waals surface area contributed by atoms with Gasteiger partial charge in [-0.2, -0.15) is 5.10 Å². The standard InChI is InChI=1S/C15H19N3O2/c1-4-6-20-13-8-12(9-16-10-13)15(19)14-7-11(3)17-18(14)5-2/h7-10H,4-6H2,1-3H3. The summed E-state index contributed by atoms with van der Waals surface area (Å²) in [5.41, 5.74) is 1.94. The van der Waals surface area contributed by atoms with E-state index in [0.29, 0.717) is 30.2 Å². The summed E-state index contributed by atoms with van der Waals surface area (Å²) in [5, 5.41) is 4.29. The minimum atomic E-state index is -0.0816. The second-order valence-corrected chi connectivity index (χ2v) is 4.57. The molecule has 0 bridgehead atoms. The number of ketones is 1. The van der Waals surface area contributed by atoms with E-state index in [-0.39, 0.29) is 5.78 Å². The van der Waals surface area contributed by atoms with Gasteiger partial charge in [0.05, 0.1) is 18.5 Å². The molecule has 0 aliphatic heterocycles. The van der Waals surface area contributed by atoms with Gasteiger partial charge in [0.25, 0.3) is 0 Å². The van der Waals surface area contributed by atoms with Crippen molar-refractivity contribution in [2.24, 2.45) is 0 Å². The number of aromatic nitrogens is 3. The van der Waals surface area contributed by atoms with Gasteiger partial charge in [-0.15, -0.1) is 0 Å². The largest absolute Gasteiger partial charge is 0.492 e. The monoisotopic (exact) mass is 273 g/mol. The lowest BCUT2D eigenvalue weighted by Crippen LogP contribution is -2.11. The molecule has 0 amide bonds. The van der Waals surface area contributed by atoms with Crippen LogP contribution in [0.1, 0.15) is 42.0 Å². The maximum Gasteiger partial charge on any atom is 0.212 e. The van der Waals surface area contributed by atoms with E-state index in [1.54, 1.807) is 29.2 Å². The number of carbonyl (C=O) groups excluding carboxylic acids is 1. The van der Waals surface area contributed by atoms with Gasteiger partial charge in [0.2, 0.25) is 5.78 Å². The summed E-state index contributed by atoms with van der Waals surface area (Å²) in [5.74, 6) is 0.541. The van der Waals surface area contributed by atoms with Crippen molar-refractivity contribution in [1.82, 2.24) is 14.8 Å². The van der Waals surface area contributed by atoms with Crippen LogP contribution < -0.4 is 4.74 Å². The summed E-state index contributed by atoms with van der Waals surface area (Å²) >= 11 is 0. The molecule has 0 unspecified atom stereocenters. The molecule has 0 atom stereocenters. The van der Waals surface area contributed by atoms with Gasteiger partial charge in [-0.1, -0.05) is 6.92 Å². The molecule has 20 heavy (non-hydrogen) atoms. The second-order valence-electron chi connectivity index (χ2n) is 4.57. The third-order valence-electron chi connectivity index (χ3n) is 2.88. The Morgan fingerprint density at radius 2 is 2.10 bits per heavy atom. The zero-order chi connectivity index (χ0) is 14.5. The van der Waals surface area contributed by atoms with Gasteiger partial charge in [-0.25, -0.2) is 0 Å². The fourth-order valence-corrected chi connectivity index (χ4v) is 1.96. The fourth-order valence-electron chi connectivity index (χ4n) is 1.96. The lowest BCUT2D eigenvalue weighted by Gasteiger charge is -2.06. The zero-order valence-electron chi connectivity index (χ0n) is 12.1. The molecule has 0 aromatic carbocycles. The highest BCUT2D eigenvalue weighted by atomic mass is 16.5. The molecule has 5 nitrogen and oxygen atoms in total. The number of aryl methyl sites for hydroxylation is 2. The van der Waals surface area contributed by atoms with Crippen molar-refractivity contribution in [3.63, 3.8) is 0 Å². The van der Waals surface area contributed by atoms with Crippen LogP contribution in [0.3, 0.4) is 0 Å². The first-order valence-electron chi connectivity index (χ1n) is 6.82. The highest BCUT2D eigenvalue weighted by molar-refractivity contribution is 6.07. The lowest BCUT2D eigenvalue weighted by molar-refractivity contribution is 0.102. The molecule has 0 fully saturated rings. The third-order valence-corrected chi connectivity index (χ3v) is 2.88. The topological polar surface area (TPSA) is 57.0 Å². The first kappa shape index (κ1) is 14.2. The summed E-state index contributed by atoms with van der Waals surface area (Å²) in [6.07, 6.45) is 4.10. The predicted octanol–water partition coefficient (Wildman–Crippen LogP) is 2.63. The highest BCUT2D eigenvalue weighted by Gasteiger charge is 2.16. The first-order chi connectivity index (χ1) is 9.65. The van der Waals surface area contributed by atoms with Gasteiger partial charge in [-0.05, 0) is 32.4 Å². The van der Waals surface area contributed by atoms with Crippen molar-refractivity contribution < 1.29 is 9.53 Å². The molecule has 2 aromatic heterocycles. The summed E-state index contributed by atoms with van der Waals surface area (Å²) in [6, 6.07) is 3.53. The van der Waals surface area contributed by atoms with E-state index in [1.807, 2.05) is 20.8 Å². The lowest BCUT2D eigenvalue weighted by atomic mass is 10.1. The summed E-state index contributed by atoms with van der Waals surface area (Å²) < 4.78 is 7.21. The molecule has 0 radical (unpaired) electrons. The molecule has 0 saturated heterocycles. The maximum absolute atomic E-state index is 12.5. The molecule has 106 valence electrons. The SMILES string of the molecule is CCCOc1cncc(C(=O)c2cc(C)nn2CC)c1. The maximum atomic E-state index is 12.5. The smallest absolute Gasteiger partial charge is 0.212 e. The Morgan fingerprint density at radius 3 is 2.80 bits per heavy atom. The molecule has 0 saturated carbocycles. The van der Waals surface area contributed by atoms with Gasteiger partial charge < -0.3 is 4.74 Å². The summed E-state index contributed by atoms with van der Waals surface area (Å²) in [6.45, 7) is 7.15. The summed E-state index contributed by atoms with van der Waals surface area (Å²) in [4.78, 5) is 16.6. The Labute approximate surface area is 118 Å². The van der Waals surface area contributed by atoms with Crippen molar-refractivity contribution in [2.45, 2.75) is 33.7 Å². The van der Waals surface area contributed by atoms with Crippen molar-refractivity contribution in [3.8, 4) is 5.75 Å². The van der Waals surface area contributed by atoms with Crippen LogP contribution in [0.5, 0.6) is 5.75 Å². The third kappa shape index (κ3) is 3.04. The molecule has 2 rings (SSSR count). The van der Waals surface area contributed by atoms with Crippen molar-refractivity contribution in [3.05, 3.63) is 41.5 Å². The molecule has 5 heteroatoms. The Morgan fingerprint density at radius 1 is 1.30 bits per heavy atom. The van der Waals surface area contributed by atoms with Gasteiger partial charge in [0, 0.05) is 18.3 Å². The number of carbonyl (C=O) groups is 1. The van der Waals surface area contributed by atoms with Gasteiger partial charge in [-0.3, -0.25) is 14.5 Å². The van der Waals surface area contributed by atoms with Crippen LogP contribution >= 0.6 is 0 Å².